The lowest BCUT2D eigenvalue weighted by Crippen LogP contribution is -2.19. The molecule has 2 N–H and O–H groups in total. The Morgan fingerprint density at radius 3 is 2.59 bits per heavy atom. The van der Waals surface area contributed by atoms with Gasteiger partial charge in [0, 0.05) is 11.4 Å². The first-order valence-electron chi connectivity index (χ1n) is 8.43. The molecule has 4 aromatic rings. The molecule has 0 saturated carbocycles. The molecule has 0 fully saturated rings. The maximum atomic E-state index is 13.3. The molecule has 29 heavy (non-hydrogen) atoms. The molecule has 1 aromatic carbocycles. The van der Waals surface area contributed by atoms with E-state index < -0.39 is 0 Å². The van der Waals surface area contributed by atoms with Crippen LogP contribution in [-0.2, 0) is 0 Å². The number of hydrogen-bond donors (Lipinski definition) is 1. The van der Waals surface area contributed by atoms with Crippen LogP contribution in [-0.4, -0.2) is 35.2 Å². The summed E-state index contributed by atoms with van der Waals surface area (Å²) in [5.41, 5.74) is 8.18. The Morgan fingerprint density at radius 1 is 1.28 bits per heavy atom. The fraction of sp³-hybridized carbons (Fsp3) is 0.111. The summed E-state index contributed by atoms with van der Waals surface area (Å²) in [6.07, 6.45) is 0. The fourth-order valence-electron chi connectivity index (χ4n) is 2.96. The third kappa shape index (κ3) is 3.04. The van der Waals surface area contributed by atoms with Gasteiger partial charge in [-0.05, 0) is 44.3 Å². The van der Waals surface area contributed by atoms with Crippen LogP contribution in [0.5, 0.6) is 0 Å². The second-order valence-corrected chi connectivity index (χ2v) is 7.83. The number of para-hydroxylation sites is 1. The topological polar surface area (TPSA) is 120 Å². The zero-order chi connectivity index (χ0) is 20.7. The van der Waals surface area contributed by atoms with E-state index >= 15 is 0 Å². The standard InChI is InChI=1S/C18H14N8OS2/c1-10-8-11(2)25(22-10)17(27)14-16(26-15(20)13(9-19)21-23-26)24(18(28)29-14)12-6-4-3-5-7-12/h3-8H,20H2,1-2H3. The average molecular weight is 422 g/mol. The van der Waals surface area contributed by atoms with Crippen molar-refractivity contribution in [2.45, 2.75) is 13.8 Å². The highest BCUT2D eigenvalue weighted by molar-refractivity contribution is 7.73. The van der Waals surface area contributed by atoms with Crippen molar-refractivity contribution < 1.29 is 4.79 Å². The van der Waals surface area contributed by atoms with Gasteiger partial charge in [0.2, 0.25) is 5.69 Å². The predicted molar refractivity (Wildman–Crippen MR) is 110 cm³/mol. The number of aromatic nitrogens is 6. The second kappa shape index (κ2) is 7.08. The number of nitrogens with two attached hydrogens (primary N) is 1. The maximum Gasteiger partial charge on any atom is 0.292 e. The van der Waals surface area contributed by atoms with Crippen molar-refractivity contribution >= 4 is 35.3 Å². The molecule has 0 aliphatic heterocycles. The SMILES string of the molecule is Cc1cc(C)n(C(=O)c2sc(=S)n(-c3ccccc3)c2-n2nnc(C#N)c2N)n1. The summed E-state index contributed by atoms with van der Waals surface area (Å²) in [5.74, 6) is -0.0348. The molecule has 4 rings (SSSR count). The predicted octanol–water partition coefficient (Wildman–Crippen LogP) is 2.80. The smallest absolute Gasteiger partial charge is 0.292 e. The summed E-state index contributed by atoms with van der Waals surface area (Å²) in [5, 5.41) is 21.3. The summed E-state index contributed by atoms with van der Waals surface area (Å²) < 4.78 is 4.68. The number of anilines is 1. The number of carbonyl (C=O) groups is 1. The number of hydrogen-bond acceptors (Lipinski definition) is 8. The van der Waals surface area contributed by atoms with Crippen LogP contribution < -0.4 is 5.73 Å². The van der Waals surface area contributed by atoms with Gasteiger partial charge < -0.3 is 5.73 Å². The molecule has 0 radical (unpaired) electrons. The first kappa shape index (κ1) is 18.7. The molecular weight excluding hydrogens is 408 g/mol. The number of rotatable bonds is 3. The molecule has 3 heterocycles. The Kier molecular flexibility index (Phi) is 4.57. The molecule has 0 amide bonds. The van der Waals surface area contributed by atoms with Gasteiger partial charge in [-0.15, -0.1) is 5.10 Å². The Labute approximate surface area is 174 Å². The van der Waals surface area contributed by atoms with E-state index in [1.54, 1.807) is 11.5 Å². The summed E-state index contributed by atoms with van der Waals surface area (Å²) in [4.78, 5) is 13.6. The van der Waals surface area contributed by atoms with E-state index in [1.807, 2.05) is 49.4 Å². The van der Waals surface area contributed by atoms with Crippen LogP contribution in [0, 0.1) is 29.1 Å². The lowest BCUT2D eigenvalue weighted by atomic mass is 10.3. The van der Waals surface area contributed by atoms with Gasteiger partial charge >= 0.3 is 0 Å². The van der Waals surface area contributed by atoms with Crippen molar-refractivity contribution in [1.29, 1.82) is 5.26 Å². The first-order valence-corrected chi connectivity index (χ1v) is 9.65. The van der Waals surface area contributed by atoms with E-state index in [-0.39, 0.29) is 22.3 Å². The van der Waals surface area contributed by atoms with Crippen molar-refractivity contribution in [3.8, 4) is 17.6 Å². The monoisotopic (exact) mass is 422 g/mol. The average Bonchev–Trinajstić information content (AvgIpc) is 3.36. The zero-order valence-electron chi connectivity index (χ0n) is 15.4. The number of benzene rings is 1. The molecule has 0 spiro atoms. The molecule has 144 valence electrons. The number of nitrogen functional groups attached to an aromatic ring is 1. The molecule has 11 heteroatoms. The highest BCUT2D eigenvalue weighted by atomic mass is 32.1. The van der Waals surface area contributed by atoms with Crippen molar-refractivity contribution in [3.05, 3.63) is 62.3 Å². The van der Waals surface area contributed by atoms with Crippen molar-refractivity contribution in [1.82, 2.24) is 29.3 Å². The fourth-order valence-corrected chi connectivity index (χ4v) is 4.30. The third-order valence-corrected chi connectivity index (χ3v) is 5.56. The molecule has 0 unspecified atom stereocenters. The molecule has 0 saturated heterocycles. The number of nitriles is 1. The maximum absolute atomic E-state index is 13.3. The molecule has 0 aliphatic rings. The molecule has 3 aromatic heterocycles. The normalized spacial score (nSPS) is 10.8. The number of thiazole rings is 1. The van der Waals surface area contributed by atoms with Gasteiger partial charge in [0.15, 0.2) is 15.6 Å². The van der Waals surface area contributed by atoms with E-state index in [4.69, 9.17) is 18.0 Å². The Balaban J connectivity index is 2.03. The summed E-state index contributed by atoms with van der Waals surface area (Å²) >= 11 is 6.68. The highest BCUT2D eigenvalue weighted by Gasteiger charge is 2.27. The van der Waals surface area contributed by atoms with E-state index in [9.17, 15) is 10.1 Å². The van der Waals surface area contributed by atoms with Crippen molar-refractivity contribution in [2.75, 3.05) is 5.73 Å². The van der Waals surface area contributed by atoms with Gasteiger partial charge in [0.1, 0.15) is 10.9 Å². The van der Waals surface area contributed by atoms with E-state index in [0.29, 0.717) is 15.5 Å². The van der Waals surface area contributed by atoms with Crippen LogP contribution in [0.2, 0.25) is 0 Å². The van der Waals surface area contributed by atoms with Gasteiger partial charge in [0.05, 0.1) is 5.69 Å². The number of carbonyl (C=O) groups excluding carboxylic acids is 1. The second-order valence-electron chi connectivity index (χ2n) is 6.18. The largest absolute Gasteiger partial charge is 0.381 e. The summed E-state index contributed by atoms with van der Waals surface area (Å²) in [6, 6.07) is 13.0. The summed E-state index contributed by atoms with van der Waals surface area (Å²) in [6.45, 7) is 3.60. The Hall–Kier alpha value is -3.62. The Bertz CT molecular complexity index is 1340. The van der Waals surface area contributed by atoms with Crippen LogP contribution in [0.3, 0.4) is 0 Å². The first-order chi connectivity index (χ1) is 13.9. The highest BCUT2D eigenvalue weighted by Crippen LogP contribution is 2.30. The lowest BCUT2D eigenvalue weighted by Gasteiger charge is -2.11. The molecule has 0 atom stereocenters. The van der Waals surface area contributed by atoms with Crippen LogP contribution in [0.15, 0.2) is 36.4 Å². The van der Waals surface area contributed by atoms with E-state index in [2.05, 4.69) is 15.4 Å². The van der Waals surface area contributed by atoms with Crippen molar-refractivity contribution in [2.24, 2.45) is 0 Å². The number of nitrogens with zero attached hydrogens (tertiary/aromatic N) is 7. The van der Waals surface area contributed by atoms with Gasteiger partial charge in [-0.2, -0.15) is 19.7 Å². The van der Waals surface area contributed by atoms with Crippen molar-refractivity contribution in [3.63, 3.8) is 0 Å². The molecule has 0 aliphatic carbocycles. The minimum atomic E-state index is -0.371. The van der Waals surface area contributed by atoms with Crippen LogP contribution in [0.1, 0.15) is 26.8 Å². The van der Waals surface area contributed by atoms with E-state index in [0.717, 1.165) is 22.7 Å². The third-order valence-electron chi connectivity index (χ3n) is 4.21. The van der Waals surface area contributed by atoms with Crippen LogP contribution in [0.4, 0.5) is 5.82 Å². The minimum Gasteiger partial charge on any atom is -0.381 e. The molecule has 0 bridgehead atoms. The van der Waals surface area contributed by atoms with Gasteiger partial charge in [-0.3, -0.25) is 9.36 Å². The van der Waals surface area contributed by atoms with Crippen LogP contribution in [0.25, 0.3) is 11.5 Å². The molecule has 9 nitrogen and oxygen atoms in total. The van der Waals surface area contributed by atoms with E-state index in [1.165, 1.54) is 9.36 Å². The van der Waals surface area contributed by atoms with Gasteiger partial charge in [-0.25, -0.2) is 0 Å². The van der Waals surface area contributed by atoms with Crippen LogP contribution >= 0.6 is 23.6 Å². The van der Waals surface area contributed by atoms with Gasteiger partial charge in [0.25, 0.3) is 5.91 Å². The lowest BCUT2D eigenvalue weighted by molar-refractivity contribution is 0.0946. The number of aryl methyl sites for hydroxylation is 2. The molecular formula is C18H14N8OS2. The minimum absolute atomic E-state index is 0.0207. The zero-order valence-corrected chi connectivity index (χ0v) is 17.0. The van der Waals surface area contributed by atoms with Gasteiger partial charge in [-0.1, -0.05) is 34.7 Å². The Morgan fingerprint density at radius 2 is 2.00 bits per heavy atom. The quantitative estimate of drug-likeness (QED) is 0.504. The summed E-state index contributed by atoms with van der Waals surface area (Å²) in [7, 11) is 0.